The number of likely N-dealkylation sites (N-methyl/N-ethyl adjacent to an activating group) is 1. The van der Waals surface area contributed by atoms with Crippen molar-refractivity contribution in [3.63, 3.8) is 0 Å². The molecule has 0 unspecified atom stereocenters. The van der Waals surface area contributed by atoms with Gasteiger partial charge in [-0.15, -0.1) is 0 Å². The molecule has 37 heavy (non-hydrogen) atoms. The van der Waals surface area contributed by atoms with Crippen LogP contribution in [0, 0.1) is 17.8 Å². The first kappa shape index (κ1) is 28.4. The molecular formula is C35H55NO. The third-order valence-corrected chi connectivity index (χ3v) is 10.8. The highest BCUT2D eigenvalue weighted by Gasteiger charge is 2.32. The van der Waals surface area contributed by atoms with Gasteiger partial charge in [-0.2, -0.15) is 0 Å². The average Bonchev–Trinajstić information content (AvgIpc) is 2.96. The number of rotatable bonds is 10. The van der Waals surface area contributed by atoms with Crippen molar-refractivity contribution in [2.75, 3.05) is 7.05 Å². The fourth-order valence-corrected chi connectivity index (χ4v) is 8.24. The summed E-state index contributed by atoms with van der Waals surface area (Å²) in [6.45, 7) is 8.32. The first-order valence-electron chi connectivity index (χ1n) is 16.1. The summed E-state index contributed by atoms with van der Waals surface area (Å²) in [6.07, 6.45) is 24.7. The van der Waals surface area contributed by atoms with E-state index < -0.39 is 0 Å². The van der Waals surface area contributed by atoms with Gasteiger partial charge in [-0.25, -0.2) is 0 Å². The molecule has 4 rings (SSSR count). The van der Waals surface area contributed by atoms with E-state index in [1.807, 2.05) is 11.9 Å². The molecule has 0 saturated heterocycles. The van der Waals surface area contributed by atoms with Crippen molar-refractivity contribution in [3.05, 3.63) is 47.5 Å². The number of amides is 1. The molecule has 0 atom stereocenters. The molecule has 1 amide bonds. The summed E-state index contributed by atoms with van der Waals surface area (Å²) in [7, 11) is 1.94. The van der Waals surface area contributed by atoms with Gasteiger partial charge in [0.2, 0.25) is 5.91 Å². The summed E-state index contributed by atoms with van der Waals surface area (Å²) in [4.78, 5) is 13.9. The van der Waals surface area contributed by atoms with Gasteiger partial charge in [0.25, 0.3) is 0 Å². The molecule has 0 N–H and O–H groups in total. The lowest BCUT2D eigenvalue weighted by Crippen LogP contribution is -2.38. The van der Waals surface area contributed by atoms with Crippen LogP contribution in [0.2, 0.25) is 0 Å². The number of unbranched alkanes of at least 4 members (excludes halogenated alkanes) is 2. The topological polar surface area (TPSA) is 20.3 Å². The van der Waals surface area contributed by atoms with Gasteiger partial charge in [0, 0.05) is 13.1 Å². The van der Waals surface area contributed by atoms with Crippen LogP contribution < -0.4 is 0 Å². The van der Waals surface area contributed by atoms with Gasteiger partial charge in [0.15, 0.2) is 0 Å². The maximum Gasteiger partial charge on any atom is 0.245 e. The quantitative estimate of drug-likeness (QED) is 0.229. The number of nitrogens with zero attached hydrogens (tertiary/aromatic N) is 1. The van der Waals surface area contributed by atoms with Crippen LogP contribution in [0.1, 0.15) is 145 Å². The maximum atomic E-state index is 12.0. The number of carbonyl (C=O) groups excluding carboxylic acids is 1. The normalized spacial score (nSPS) is 30.6. The van der Waals surface area contributed by atoms with Crippen LogP contribution in [0.3, 0.4) is 0 Å². The van der Waals surface area contributed by atoms with E-state index in [-0.39, 0.29) is 5.91 Å². The van der Waals surface area contributed by atoms with E-state index in [0.29, 0.717) is 12.0 Å². The average molecular weight is 506 g/mol. The van der Waals surface area contributed by atoms with Gasteiger partial charge in [0.05, 0.1) is 0 Å². The van der Waals surface area contributed by atoms with Crippen LogP contribution in [-0.4, -0.2) is 23.9 Å². The Labute approximate surface area is 228 Å². The number of carbonyl (C=O) groups is 1. The van der Waals surface area contributed by atoms with E-state index in [1.165, 1.54) is 96.0 Å². The molecular weight excluding hydrogens is 450 g/mol. The van der Waals surface area contributed by atoms with Crippen molar-refractivity contribution in [1.29, 1.82) is 0 Å². The van der Waals surface area contributed by atoms with Gasteiger partial charge in [-0.1, -0.05) is 77.2 Å². The van der Waals surface area contributed by atoms with Gasteiger partial charge < -0.3 is 4.90 Å². The minimum atomic E-state index is 0.0619. The van der Waals surface area contributed by atoms with Crippen LogP contribution in [-0.2, 0) is 11.2 Å². The Balaban J connectivity index is 1.27. The Morgan fingerprint density at radius 1 is 0.865 bits per heavy atom. The monoisotopic (exact) mass is 505 g/mol. The Morgan fingerprint density at radius 2 is 1.49 bits per heavy atom. The summed E-state index contributed by atoms with van der Waals surface area (Å²) in [5.74, 6) is 4.55. The van der Waals surface area contributed by atoms with Crippen molar-refractivity contribution in [3.8, 4) is 0 Å². The van der Waals surface area contributed by atoms with Crippen molar-refractivity contribution in [2.24, 2.45) is 17.8 Å². The highest BCUT2D eigenvalue weighted by Crippen LogP contribution is 2.45. The van der Waals surface area contributed by atoms with Crippen LogP contribution in [0.4, 0.5) is 0 Å². The number of benzene rings is 1. The molecule has 0 heterocycles. The van der Waals surface area contributed by atoms with E-state index in [9.17, 15) is 4.79 Å². The molecule has 3 saturated carbocycles. The zero-order chi connectivity index (χ0) is 26.2. The molecule has 2 nitrogen and oxygen atoms in total. The maximum absolute atomic E-state index is 12.0. The summed E-state index contributed by atoms with van der Waals surface area (Å²) >= 11 is 0. The highest BCUT2D eigenvalue weighted by molar-refractivity contribution is 5.87. The summed E-state index contributed by atoms with van der Waals surface area (Å²) in [5, 5.41) is 0. The molecule has 3 aliphatic rings. The second-order valence-corrected chi connectivity index (χ2v) is 12.9. The third kappa shape index (κ3) is 7.30. The first-order chi connectivity index (χ1) is 18.0. The molecule has 1 aromatic carbocycles. The molecule has 0 spiro atoms. The molecule has 1 aromatic rings. The van der Waals surface area contributed by atoms with Crippen molar-refractivity contribution < 1.29 is 4.79 Å². The van der Waals surface area contributed by atoms with E-state index >= 15 is 0 Å². The second kappa shape index (κ2) is 14.0. The zero-order valence-corrected chi connectivity index (χ0v) is 24.4. The molecule has 0 bridgehead atoms. The molecule has 0 aliphatic heterocycles. The number of hydrogen-bond donors (Lipinski definition) is 0. The van der Waals surface area contributed by atoms with Gasteiger partial charge in [0.1, 0.15) is 0 Å². The summed E-state index contributed by atoms with van der Waals surface area (Å²) < 4.78 is 0. The lowest BCUT2D eigenvalue weighted by molar-refractivity contribution is -0.127. The SMILES string of the molecule is C=CC(=O)N(C)C1CCC(c2ccc(C3CCC(C4CCC(CCCCC)CC4)CC3)cc2CC)CC1. The standard InChI is InChI=1S/C35H55NO/c1-5-8-9-10-26-11-13-28(14-12-26)29-15-17-30(18-16-29)32-21-24-34(27(6-2)25-32)31-19-22-33(23-20-31)36(4)35(37)7-3/h7,21,24-26,28-31,33H,3,5-6,8-20,22-23H2,1-2,4H3. The predicted molar refractivity (Wildman–Crippen MR) is 158 cm³/mol. The smallest absolute Gasteiger partial charge is 0.245 e. The molecule has 206 valence electrons. The minimum absolute atomic E-state index is 0.0619. The Kier molecular flexibility index (Phi) is 10.8. The third-order valence-electron chi connectivity index (χ3n) is 10.8. The predicted octanol–water partition coefficient (Wildman–Crippen LogP) is 9.58. The molecule has 0 aromatic heterocycles. The van der Waals surface area contributed by atoms with E-state index in [1.54, 1.807) is 16.7 Å². The Morgan fingerprint density at radius 3 is 2.08 bits per heavy atom. The first-order valence-corrected chi connectivity index (χ1v) is 16.1. The molecule has 3 aliphatic carbocycles. The second-order valence-electron chi connectivity index (χ2n) is 12.9. The van der Waals surface area contributed by atoms with Gasteiger partial charge in [-0.05, 0) is 123 Å². The Hall–Kier alpha value is -1.57. The Bertz CT molecular complexity index is 850. The lowest BCUT2D eigenvalue weighted by atomic mass is 9.67. The van der Waals surface area contributed by atoms with Crippen LogP contribution in [0.15, 0.2) is 30.9 Å². The summed E-state index contributed by atoms with van der Waals surface area (Å²) in [5.41, 5.74) is 4.79. The van der Waals surface area contributed by atoms with E-state index in [4.69, 9.17) is 0 Å². The van der Waals surface area contributed by atoms with Crippen molar-refractivity contribution in [1.82, 2.24) is 4.90 Å². The van der Waals surface area contributed by atoms with Crippen LogP contribution in [0.5, 0.6) is 0 Å². The van der Waals surface area contributed by atoms with Gasteiger partial charge in [-0.3, -0.25) is 4.79 Å². The number of aryl methyl sites for hydroxylation is 1. The molecule has 2 heteroatoms. The zero-order valence-electron chi connectivity index (χ0n) is 24.4. The number of hydrogen-bond acceptors (Lipinski definition) is 1. The van der Waals surface area contributed by atoms with Crippen molar-refractivity contribution >= 4 is 5.91 Å². The molecule has 0 radical (unpaired) electrons. The fourth-order valence-electron chi connectivity index (χ4n) is 8.24. The molecule has 3 fully saturated rings. The van der Waals surface area contributed by atoms with Gasteiger partial charge >= 0.3 is 0 Å². The van der Waals surface area contributed by atoms with Crippen LogP contribution >= 0.6 is 0 Å². The largest absolute Gasteiger partial charge is 0.339 e. The van der Waals surface area contributed by atoms with E-state index in [0.717, 1.165) is 42.9 Å². The van der Waals surface area contributed by atoms with Crippen LogP contribution in [0.25, 0.3) is 0 Å². The van der Waals surface area contributed by atoms with Crippen molar-refractivity contribution in [2.45, 2.75) is 141 Å². The summed E-state index contributed by atoms with van der Waals surface area (Å²) in [6, 6.07) is 7.93. The minimum Gasteiger partial charge on any atom is -0.339 e. The lowest BCUT2D eigenvalue weighted by Gasteiger charge is -2.38. The van der Waals surface area contributed by atoms with E-state index in [2.05, 4.69) is 38.6 Å². The highest BCUT2D eigenvalue weighted by atomic mass is 16.2. The fraction of sp³-hybridized carbons (Fsp3) is 0.743.